The predicted molar refractivity (Wildman–Crippen MR) is 275 cm³/mol. The number of amides is 4. The summed E-state index contributed by atoms with van der Waals surface area (Å²) in [6.45, 7) is 0.577. The van der Waals surface area contributed by atoms with E-state index < -0.39 is 102 Å². The number of nitrogens with zero attached hydrogens (tertiary/aromatic N) is 2. The molecule has 4 aromatic carbocycles. The van der Waals surface area contributed by atoms with Crippen LogP contribution in [-0.2, 0) is 68.9 Å². The molecule has 0 aliphatic rings. The number of ether oxygens (including phenoxy) is 3. The minimum absolute atomic E-state index is 0.0244. The minimum Gasteiger partial charge on any atom is -0.377 e. The zero-order valence-corrected chi connectivity index (χ0v) is 44.0. The number of alkyl halides is 6. The van der Waals surface area contributed by atoms with Crippen LogP contribution in [0.2, 0.25) is 0 Å². The van der Waals surface area contributed by atoms with Gasteiger partial charge in [0, 0.05) is 48.4 Å². The van der Waals surface area contributed by atoms with Crippen LogP contribution in [-0.4, -0.2) is 102 Å². The van der Waals surface area contributed by atoms with E-state index in [-0.39, 0.29) is 83.4 Å². The van der Waals surface area contributed by atoms with Crippen molar-refractivity contribution in [3.63, 3.8) is 0 Å². The molecule has 0 aliphatic heterocycles. The first-order valence-corrected chi connectivity index (χ1v) is 27.2. The standard InChI is InChI=1S/C52H50F6N6O13S2/c1-31-43(25-41(47(67)59-27-33-11-15-39(16-12-33)78(3,71)72)49(69)63(31)37-9-5-7-35(23-37)51(53,54)55)61-45(65)29-76-21-19-75-20-22-77-30-46(66)62-44-26-42(48(68)60-28-34-13-17-40(18-14-34)79(4,73)74)50(70)64(32(44)2)38-10-6-8-36(24-38)52(56,57)58/h5-18,23-26H,19-22,27-30H2,1-4H3,(H,59,67)(H,60,68)(H,61,65)(H,62,66). The van der Waals surface area contributed by atoms with Crippen LogP contribution in [0.3, 0.4) is 0 Å². The molecule has 0 saturated heterocycles. The highest BCUT2D eigenvalue weighted by atomic mass is 32.2. The molecule has 27 heteroatoms. The van der Waals surface area contributed by atoms with Crippen LogP contribution in [0.1, 0.15) is 54.4 Å². The van der Waals surface area contributed by atoms with E-state index in [4.69, 9.17) is 14.2 Å². The van der Waals surface area contributed by atoms with E-state index in [9.17, 15) is 71.9 Å². The van der Waals surface area contributed by atoms with Gasteiger partial charge in [0.05, 0.1) is 58.7 Å². The second-order valence-corrected chi connectivity index (χ2v) is 21.5. The summed E-state index contributed by atoms with van der Waals surface area (Å²) >= 11 is 0. The highest BCUT2D eigenvalue weighted by Crippen LogP contribution is 2.32. The van der Waals surface area contributed by atoms with Gasteiger partial charge in [-0.15, -0.1) is 0 Å². The molecule has 79 heavy (non-hydrogen) atoms. The highest BCUT2D eigenvalue weighted by Gasteiger charge is 2.32. The topological polar surface area (TPSA) is 256 Å². The SMILES string of the molecule is Cc1c(NC(=O)COCCOCCOCC(=O)Nc2cc(C(=O)NCc3ccc(S(C)(=O)=O)cc3)c(=O)n(-c3cccc(C(F)(F)F)c3)c2C)cc(C(=O)NCc2ccc(S(C)(=O)=O)cc2)c(=O)n1-c1cccc(C(F)(F)F)c1. The summed E-state index contributed by atoms with van der Waals surface area (Å²) in [4.78, 5) is 80.7. The van der Waals surface area contributed by atoms with Gasteiger partial charge in [-0.05, 0) is 97.8 Å². The summed E-state index contributed by atoms with van der Waals surface area (Å²) in [7, 11) is -7.03. The first kappa shape index (κ1) is 60.3. The van der Waals surface area contributed by atoms with E-state index in [1.54, 1.807) is 0 Å². The van der Waals surface area contributed by atoms with Crippen molar-refractivity contribution < 1.29 is 76.6 Å². The molecule has 0 bridgehead atoms. The van der Waals surface area contributed by atoms with Crippen molar-refractivity contribution in [2.75, 3.05) is 62.8 Å². The Morgan fingerprint density at radius 1 is 0.506 bits per heavy atom. The average Bonchev–Trinajstić information content (AvgIpc) is 3.38. The Bertz CT molecular complexity index is 3390. The number of benzene rings is 4. The maximum absolute atomic E-state index is 13.8. The summed E-state index contributed by atoms with van der Waals surface area (Å²) in [6.07, 6.45) is -7.55. The number of halogens is 6. The molecule has 2 heterocycles. The van der Waals surface area contributed by atoms with Gasteiger partial charge in [-0.2, -0.15) is 26.3 Å². The van der Waals surface area contributed by atoms with Gasteiger partial charge in [0.25, 0.3) is 22.9 Å². The maximum atomic E-state index is 13.8. The van der Waals surface area contributed by atoms with Gasteiger partial charge in [0.1, 0.15) is 24.3 Å². The van der Waals surface area contributed by atoms with Gasteiger partial charge >= 0.3 is 12.4 Å². The monoisotopic (exact) mass is 1140 g/mol. The van der Waals surface area contributed by atoms with Crippen molar-refractivity contribution in [3.05, 3.63) is 175 Å². The lowest BCUT2D eigenvalue weighted by Crippen LogP contribution is -2.34. The molecule has 19 nitrogen and oxygen atoms in total. The molecule has 0 saturated carbocycles. The van der Waals surface area contributed by atoms with Crippen LogP contribution >= 0.6 is 0 Å². The highest BCUT2D eigenvalue weighted by molar-refractivity contribution is 7.91. The van der Waals surface area contributed by atoms with E-state index in [1.165, 1.54) is 74.5 Å². The summed E-state index contributed by atoms with van der Waals surface area (Å²) < 4.78 is 148. The van der Waals surface area contributed by atoms with Crippen molar-refractivity contribution in [1.29, 1.82) is 0 Å². The van der Waals surface area contributed by atoms with Gasteiger partial charge in [-0.3, -0.25) is 37.9 Å². The van der Waals surface area contributed by atoms with Crippen molar-refractivity contribution in [2.45, 2.75) is 49.1 Å². The lowest BCUT2D eigenvalue weighted by Gasteiger charge is -2.18. The fraction of sp³-hybridized carbons (Fsp3) is 0.269. The molecule has 4 N–H and O–H groups in total. The van der Waals surface area contributed by atoms with Gasteiger partial charge in [0.2, 0.25) is 11.8 Å². The molecule has 0 unspecified atom stereocenters. The first-order chi connectivity index (χ1) is 37.0. The average molecular weight is 1150 g/mol. The number of rotatable bonds is 22. The molecule has 0 aliphatic carbocycles. The third-order valence-corrected chi connectivity index (χ3v) is 13.9. The van der Waals surface area contributed by atoms with E-state index in [0.29, 0.717) is 23.3 Å². The van der Waals surface area contributed by atoms with Crippen molar-refractivity contribution in [3.8, 4) is 11.4 Å². The second kappa shape index (κ2) is 25.2. The van der Waals surface area contributed by atoms with Crippen molar-refractivity contribution in [1.82, 2.24) is 19.8 Å². The Morgan fingerprint density at radius 3 is 1.18 bits per heavy atom. The molecule has 420 valence electrons. The number of carbonyl (C=O) groups is 4. The maximum Gasteiger partial charge on any atom is 0.416 e. The van der Waals surface area contributed by atoms with E-state index >= 15 is 0 Å². The quantitative estimate of drug-likeness (QED) is 0.0454. The van der Waals surface area contributed by atoms with Crippen LogP contribution in [0.5, 0.6) is 0 Å². The number of sulfone groups is 2. The number of nitrogens with one attached hydrogen (secondary N) is 4. The fourth-order valence-electron chi connectivity index (χ4n) is 7.55. The van der Waals surface area contributed by atoms with Crippen molar-refractivity contribution >= 4 is 54.7 Å². The molecule has 4 amide bonds. The lowest BCUT2D eigenvalue weighted by atomic mass is 10.1. The lowest BCUT2D eigenvalue weighted by molar-refractivity contribution is -0.138. The Labute approximate surface area is 447 Å². The molecular weight excluding hydrogens is 1090 g/mol. The van der Waals surface area contributed by atoms with Crippen LogP contribution in [0, 0.1) is 13.8 Å². The van der Waals surface area contributed by atoms with Gasteiger partial charge in [0.15, 0.2) is 19.7 Å². The smallest absolute Gasteiger partial charge is 0.377 e. The Hall–Kier alpha value is -7.98. The van der Waals surface area contributed by atoms with E-state index in [2.05, 4.69) is 21.3 Å². The summed E-state index contributed by atoms with van der Waals surface area (Å²) in [5.41, 5.74) is -5.29. The zero-order chi connectivity index (χ0) is 58.0. The molecule has 6 rings (SSSR count). The third kappa shape index (κ3) is 16.1. The summed E-state index contributed by atoms with van der Waals surface area (Å²) in [6, 6.07) is 20.7. The van der Waals surface area contributed by atoms with Gasteiger partial charge in [-0.1, -0.05) is 36.4 Å². The first-order valence-electron chi connectivity index (χ1n) is 23.4. The molecule has 0 radical (unpaired) electrons. The van der Waals surface area contributed by atoms with Crippen LogP contribution in [0.25, 0.3) is 11.4 Å². The largest absolute Gasteiger partial charge is 0.416 e. The van der Waals surface area contributed by atoms with Crippen LogP contribution in [0.4, 0.5) is 37.7 Å². The fourth-order valence-corrected chi connectivity index (χ4v) is 8.82. The summed E-state index contributed by atoms with van der Waals surface area (Å²) in [5, 5.41) is 10.1. The number of hydrogen-bond donors (Lipinski definition) is 4. The number of carbonyl (C=O) groups excluding carboxylic acids is 4. The zero-order valence-electron chi connectivity index (χ0n) is 42.3. The molecule has 0 atom stereocenters. The number of hydrogen-bond acceptors (Lipinski definition) is 13. The third-order valence-electron chi connectivity index (χ3n) is 11.6. The molecule has 6 aromatic rings. The van der Waals surface area contributed by atoms with Gasteiger partial charge in [-0.25, -0.2) is 16.8 Å². The normalized spacial score (nSPS) is 12.0. The molecule has 0 fully saturated rings. The molecule has 2 aromatic heterocycles. The second-order valence-electron chi connectivity index (χ2n) is 17.5. The van der Waals surface area contributed by atoms with Crippen LogP contribution < -0.4 is 32.4 Å². The van der Waals surface area contributed by atoms with Crippen LogP contribution in [0.15, 0.2) is 129 Å². The van der Waals surface area contributed by atoms with E-state index in [1.807, 2.05) is 0 Å². The van der Waals surface area contributed by atoms with Crippen molar-refractivity contribution in [2.24, 2.45) is 0 Å². The minimum atomic E-state index is -4.79. The predicted octanol–water partition coefficient (Wildman–Crippen LogP) is 5.94. The Balaban J connectivity index is 1.04. The van der Waals surface area contributed by atoms with E-state index in [0.717, 1.165) is 58.0 Å². The number of anilines is 2. The Kier molecular flexibility index (Phi) is 19.2. The molecule has 0 spiro atoms. The number of aromatic nitrogens is 2. The Morgan fingerprint density at radius 2 is 0.848 bits per heavy atom. The van der Waals surface area contributed by atoms with Gasteiger partial charge < -0.3 is 35.5 Å². The number of pyridine rings is 2. The summed E-state index contributed by atoms with van der Waals surface area (Å²) in [5.74, 6) is -3.52. The molecular formula is C52H50F6N6O13S2.